The molecular weight excluding hydrogens is 293 g/mol. The van der Waals surface area contributed by atoms with Gasteiger partial charge in [0.1, 0.15) is 5.82 Å². The van der Waals surface area contributed by atoms with Crippen LogP contribution in [0, 0.1) is 12.7 Å². The third-order valence-corrected chi connectivity index (χ3v) is 3.36. The van der Waals surface area contributed by atoms with E-state index in [-0.39, 0.29) is 5.82 Å². The Hall–Kier alpha value is -2.47. The summed E-state index contributed by atoms with van der Waals surface area (Å²) in [7, 11) is 0. The van der Waals surface area contributed by atoms with E-state index < -0.39 is 0 Å². The first-order chi connectivity index (χ1) is 10.1. The lowest BCUT2D eigenvalue weighted by Gasteiger charge is -2.08. The van der Waals surface area contributed by atoms with E-state index >= 15 is 0 Å². The van der Waals surface area contributed by atoms with Crippen molar-refractivity contribution in [2.75, 3.05) is 5.73 Å². The molecule has 0 aliphatic rings. The number of tetrazole rings is 1. The Morgan fingerprint density at radius 2 is 2.00 bits per heavy atom. The molecule has 0 saturated heterocycles. The number of hydrogen-bond acceptors (Lipinski definition) is 4. The number of anilines is 1. The Morgan fingerprint density at radius 3 is 2.76 bits per heavy atom. The van der Waals surface area contributed by atoms with Gasteiger partial charge in [-0.3, -0.25) is 0 Å². The summed E-state index contributed by atoms with van der Waals surface area (Å²) in [5, 5.41) is 12.0. The van der Waals surface area contributed by atoms with Gasteiger partial charge in [0.15, 0.2) is 5.82 Å². The highest BCUT2D eigenvalue weighted by atomic mass is 35.5. The number of halogens is 2. The molecule has 106 valence electrons. The minimum atomic E-state index is -0.326. The summed E-state index contributed by atoms with van der Waals surface area (Å²) in [4.78, 5) is 0. The number of nitrogens with zero attached hydrogens (tertiary/aromatic N) is 4. The van der Waals surface area contributed by atoms with E-state index in [4.69, 9.17) is 17.3 Å². The Labute approximate surface area is 125 Å². The molecule has 0 aliphatic heterocycles. The first-order valence-corrected chi connectivity index (χ1v) is 6.54. The van der Waals surface area contributed by atoms with E-state index in [2.05, 4.69) is 15.5 Å². The summed E-state index contributed by atoms with van der Waals surface area (Å²) in [6.45, 7) is 1.69. The number of nitrogen functional groups attached to an aromatic ring is 1. The van der Waals surface area contributed by atoms with Crippen LogP contribution in [0.5, 0.6) is 0 Å². The Balaban J connectivity index is 2.17. The van der Waals surface area contributed by atoms with Crippen LogP contribution in [0.4, 0.5) is 10.1 Å². The van der Waals surface area contributed by atoms with Crippen molar-refractivity contribution in [3.8, 4) is 17.1 Å². The lowest BCUT2D eigenvalue weighted by Crippen LogP contribution is -2.02. The highest BCUT2D eigenvalue weighted by molar-refractivity contribution is 6.31. The van der Waals surface area contributed by atoms with Gasteiger partial charge < -0.3 is 5.73 Å². The molecule has 3 rings (SSSR count). The molecule has 0 radical (unpaired) electrons. The molecule has 21 heavy (non-hydrogen) atoms. The zero-order valence-corrected chi connectivity index (χ0v) is 11.8. The minimum Gasteiger partial charge on any atom is -0.398 e. The smallest absolute Gasteiger partial charge is 0.189 e. The van der Waals surface area contributed by atoms with Crippen molar-refractivity contribution in [3.05, 3.63) is 52.8 Å². The molecule has 0 atom stereocenters. The van der Waals surface area contributed by atoms with E-state index in [0.29, 0.717) is 33.3 Å². The van der Waals surface area contributed by atoms with E-state index in [9.17, 15) is 4.39 Å². The SMILES string of the molecule is Cc1ccc(-n2nnnc2-c2cc(Cl)ccc2N)cc1F. The van der Waals surface area contributed by atoms with Crippen molar-refractivity contribution in [3.63, 3.8) is 0 Å². The monoisotopic (exact) mass is 303 g/mol. The van der Waals surface area contributed by atoms with Gasteiger partial charge in [-0.05, 0) is 53.2 Å². The normalized spacial score (nSPS) is 10.8. The van der Waals surface area contributed by atoms with Crippen LogP contribution >= 0.6 is 11.6 Å². The third-order valence-electron chi connectivity index (χ3n) is 3.13. The van der Waals surface area contributed by atoms with E-state index in [0.717, 1.165) is 0 Å². The summed E-state index contributed by atoms with van der Waals surface area (Å²) < 4.78 is 15.1. The zero-order chi connectivity index (χ0) is 15.0. The molecule has 0 amide bonds. The summed E-state index contributed by atoms with van der Waals surface area (Å²) in [5.74, 6) is 0.0752. The second kappa shape index (κ2) is 5.14. The van der Waals surface area contributed by atoms with E-state index in [1.807, 2.05) is 0 Å². The van der Waals surface area contributed by atoms with Gasteiger partial charge in [-0.1, -0.05) is 17.7 Å². The van der Waals surface area contributed by atoms with Crippen LogP contribution in [0.2, 0.25) is 5.02 Å². The molecule has 0 saturated carbocycles. The molecule has 2 N–H and O–H groups in total. The van der Waals surface area contributed by atoms with Crippen LogP contribution in [0.25, 0.3) is 17.1 Å². The molecule has 2 aromatic carbocycles. The maximum absolute atomic E-state index is 13.7. The summed E-state index contributed by atoms with van der Waals surface area (Å²) in [6, 6.07) is 9.79. The molecule has 0 fully saturated rings. The van der Waals surface area contributed by atoms with Crippen LogP contribution in [-0.2, 0) is 0 Å². The number of hydrogen-bond donors (Lipinski definition) is 1. The molecule has 1 aromatic heterocycles. The first-order valence-electron chi connectivity index (χ1n) is 6.16. The number of nitrogens with two attached hydrogens (primary N) is 1. The van der Waals surface area contributed by atoms with Crippen LogP contribution in [0.15, 0.2) is 36.4 Å². The molecule has 5 nitrogen and oxygen atoms in total. The predicted octanol–water partition coefficient (Wildman–Crippen LogP) is 3.01. The highest BCUT2D eigenvalue weighted by Gasteiger charge is 2.14. The molecule has 7 heteroatoms. The molecule has 1 heterocycles. The van der Waals surface area contributed by atoms with Crippen molar-refractivity contribution >= 4 is 17.3 Å². The van der Waals surface area contributed by atoms with Crippen molar-refractivity contribution < 1.29 is 4.39 Å². The maximum Gasteiger partial charge on any atom is 0.189 e. The van der Waals surface area contributed by atoms with E-state index in [1.54, 1.807) is 37.3 Å². The van der Waals surface area contributed by atoms with Crippen molar-refractivity contribution in [2.24, 2.45) is 0 Å². The largest absolute Gasteiger partial charge is 0.398 e. The van der Waals surface area contributed by atoms with Gasteiger partial charge in [0.2, 0.25) is 0 Å². The van der Waals surface area contributed by atoms with Crippen molar-refractivity contribution in [1.29, 1.82) is 0 Å². The molecular formula is C14H11ClFN5. The number of benzene rings is 2. The van der Waals surface area contributed by atoms with Crippen molar-refractivity contribution in [2.45, 2.75) is 6.92 Å². The first kappa shape index (κ1) is 13.5. The van der Waals surface area contributed by atoms with Gasteiger partial charge in [0, 0.05) is 16.3 Å². The molecule has 0 spiro atoms. The van der Waals surface area contributed by atoms with Gasteiger partial charge in [-0.25, -0.2) is 4.39 Å². The fourth-order valence-corrected chi connectivity index (χ4v) is 2.14. The fourth-order valence-electron chi connectivity index (χ4n) is 1.96. The van der Waals surface area contributed by atoms with Crippen molar-refractivity contribution in [1.82, 2.24) is 20.2 Å². The molecule has 0 bridgehead atoms. The summed E-state index contributed by atoms with van der Waals surface area (Å²) in [5.41, 5.74) is 8.08. The van der Waals surface area contributed by atoms with Gasteiger partial charge in [-0.15, -0.1) is 5.10 Å². The molecule has 0 aliphatic carbocycles. The highest BCUT2D eigenvalue weighted by Crippen LogP contribution is 2.28. The number of aryl methyl sites for hydroxylation is 1. The zero-order valence-electron chi connectivity index (χ0n) is 11.1. The van der Waals surface area contributed by atoms with Crippen LogP contribution in [-0.4, -0.2) is 20.2 Å². The fraction of sp³-hybridized carbons (Fsp3) is 0.0714. The van der Waals surface area contributed by atoms with Crippen LogP contribution in [0.1, 0.15) is 5.56 Å². The maximum atomic E-state index is 13.7. The average molecular weight is 304 g/mol. The van der Waals surface area contributed by atoms with Gasteiger partial charge in [0.05, 0.1) is 5.69 Å². The lowest BCUT2D eigenvalue weighted by molar-refractivity contribution is 0.615. The molecule has 0 unspecified atom stereocenters. The second-order valence-electron chi connectivity index (χ2n) is 4.58. The Bertz CT molecular complexity index is 815. The Kier molecular flexibility index (Phi) is 3.31. The summed E-state index contributed by atoms with van der Waals surface area (Å²) >= 11 is 5.98. The third kappa shape index (κ3) is 2.45. The number of rotatable bonds is 2. The quantitative estimate of drug-likeness (QED) is 0.739. The van der Waals surface area contributed by atoms with E-state index in [1.165, 1.54) is 10.7 Å². The predicted molar refractivity (Wildman–Crippen MR) is 78.7 cm³/mol. The summed E-state index contributed by atoms with van der Waals surface area (Å²) in [6.07, 6.45) is 0. The lowest BCUT2D eigenvalue weighted by atomic mass is 10.1. The van der Waals surface area contributed by atoms with Gasteiger partial charge in [0.25, 0.3) is 0 Å². The minimum absolute atomic E-state index is 0.326. The molecule has 3 aromatic rings. The van der Waals surface area contributed by atoms with Crippen LogP contribution in [0.3, 0.4) is 0 Å². The van der Waals surface area contributed by atoms with Gasteiger partial charge in [-0.2, -0.15) is 4.68 Å². The van der Waals surface area contributed by atoms with Crippen LogP contribution < -0.4 is 5.73 Å². The standard InChI is InChI=1S/C14H11ClFN5/c1-8-2-4-10(7-12(8)16)21-14(18-19-20-21)11-6-9(15)3-5-13(11)17/h2-7H,17H2,1H3. The number of aromatic nitrogens is 4. The second-order valence-corrected chi connectivity index (χ2v) is 5.02. The average Bonchev–Trinajstić information content (AvgIpc) is 2.93. The Morgan fingerprint density at radius 1 is 1.19 bits per heavy atom. The van der Waals surface area contributed by atoms with Gasteiger partial charge >= 0.3 is 0 Å². The topological polar surface area (TPSA) is 69.6 Å².